The molecule has 0 aliphatic rings. The van der Waals surface area contributed by atoms with Gasteiger partial charge >= 0.3 is 6.18 Å². The zero-order chi connectivity index (χ0) is 20.7. The lowest BCUT2D eigenvalue weighted by Gasteiger charge is -2.19. The molecule has 0 aliphatic heterocycles. The molecule has 0 heterocycles. The second kappa shape index (κ2) is 9.16. The van der Waals surface area contributed by atoms with Crippen LogP contribution >= 0.6 is 0 Å². The number of nitrogens with one attached hydrogen (secondary N) is 1. The average molecular weight is 394 g/mol. The van der Waals surface area contributed by atoms with Gasteiger partial charge < -0.3 is 10.2 Å². The van der Waals surface area contributed by atoms with E-state index in [1.807, 2.05) is 0 Å². The quantitative estimate of drug-likeness (QED) is 0.585. The lowest BCUT2D eigenvalue weighted by atomic mass is 10.1. The van der Waals surface area contributed by atoms with Gasteiger partial charge in [-0.3, -0.25) is 9.59 Å². The Bertz CT molecular complexity index is 861. The van der Waals surface area contributed by atoms with Crippen LogP contribution in [0.2, 0.25) is 0 Å². The fourth-order valence-electron chi connectivity index (χ4n) is 2.39. The zero-order valence-electron chi connectivity index (χ0n) is 15.0. The molecule has 2 rings (SSSR count). The second-order valence-corrected chi connectivity index (χ2v) is 5.83. The van der Waals surface area contributed by atoms with Gasteiger partial charge in [0, 0.05) is 12.6 Å². The molecule has 28 heavy (non-hydrogen) atoms. The van der Waals surface area contributed by atoms with E-state index < -0.39 is 35.9 Å². The van der Waals surface area contributed by atoms with Crippen molar-refractivity contribution in [1.29, 1.82) is 0 Å². The minimum absolute atomic E-state index is 0.181. The third-order valence-electron chi connectivity index (χ3n) is 3.82. The minimum atomic E-state index is -4.61. The van der Waals surface area contributed by atoms with Crippen molar-refractivity contribution >= 4 is 23.6 Å². The molecule has 148 valence electrons. The Morgan fingerprint density at radius 1 is 1.07 bits per heavy atom. The van der Waals surface area contributed by atoms with Crippen LogP contribution in [-0.4, -0.2) is 29.8 Å². The van der Waals surface area contributed by atoms with Crippen LogP contribution < -0.4 is 5.32 Å². The summed E-state index contributed by atoms with van der Waals surface area (Å²) in [6.07, 6.45) is -1.93. The summed E-state index contributed by atoms with van der Waals surface area (Å²) >= 11 is 0. The summed E-state index contributed by atoms with van der Waals surface area (Å²) in [5.74, 6) is -1.65. The number of amides is 2. The van der Waals surface area contributed by atoms with E-state index in [0.29, 0.717) is 5.56 Å². The first-order chi connectivity index (χ1) is 13.2. The maximum absolute atomic E-state index is 13.0. The van der Waals surface area contributed by atoms with Crippen LogP contribution in [0, 0.1) is 5.82 Å². The average Bonchev–Trinajstić information content (AvgIpc) is 2.65. The Kier molecular flexibility index (Phi) is 6.92. The molecule has 0 saturated carbocycles. The molecule has 0 bridgehead atoms. The van der Waals surface area contributed by atoms with Crippen molar-refractivity contribution in [2.75, 3.05) is 18.4 Å². The number of benzene rings is 2. The smallest absolute Gasteiger partial charge is 0.330 e. The molecule has 2 amide bonds. The van der Waals surface area contributed by atoms with Crippen LogP contribution in [-0.2, 0) is 15.8 Å². The first kappa shape index (κ1) is 21.1. The Hall–Kier alpha value is -3.16. The number of hydrogen-bond donors (Lipinski definition) is 1. The molecule has 0 unspecified atom stereocenters. The minimum Gasteiger partial charge on any atom is -0.330 e. The Morgan fingerprint density at radius 3 is 2.32 bits per heavy atom. The summed E-state index contributed by atoms with van der Waals surface area (Å²) in [6.45, 7) is 1.41. The normalized spacial score (nSPS) is 11.5. The molecular formula is C20H18F4N2O2. The molecule has 0 saturated heterocycles. The maximum Gasteiger partial charge on any atom is 0.418 e. The number of carbonyl (C=O) groups excluding carboxylic acids is 2. The van der Waals surface area contributed by atoms with Crippen LogP contribution in [0.15, 0.2) is 54.6 Å². The van der Waals surface area contributed by atoms with Crippen LogP contribution in [0.25, 0.3) is 6.08 Å². The van der Waals surface area contributed by atoms with Crippen molar-refractivity contribution in [1.82, 2.24) is 4.90 Å². The summed E-state index contributed by atoms with van der Waals surface area (Å²) in [5.41, 5.74) is -0.742. The van der Waals surface area contributed by atoms with Gasteiger partial charge in [0.1, 0.15) is 12.4 Å². The summed E-state index contributed by atoms with van der Waals surface area (Å²) in [5, 5.41) is 2.20. The highest BCUT2D eigenvalue weighted by Gasteiger charge is 2.33. The topological polar surface area (TPSA) is 49.4 Å². The largest absolute Gasteiger partial charge is 0.418 e. The third kappa shape index (κ3) is 5.94. The van der Waals surface area contributed by atoms with Crippen LogP contribution in [0.3, 0.4) is 0 Å². The molecule has 0 aromatic heterocycles. The lowest BCUT2D eigenvalue weighted by Crippen LogP contribution is -2.37. The number of nitrogens with zero attached hydrogens (tertiary/aromatic N) is 1. The van der Waals surface area contributed by atoms with E-state index in [0.717, 1.165) is 12.1 Å². The Balaban J connectivity index is 2.03. The molecule has 1 N–H and O–H groups in total. The van der Waals surface area contributed by atoms with Crippen molar-refractivity contribution in [3.63, 3.8) is 0 Å². The van der Waals surface area contributed by atoms with E-state index in [-0.39, 0.29) is 12.2 Å². The van der Waals surface area contributed by atoms with Gasteiger partial charge in [0.2, 0.25) is 11.8 Å². The van der Waals surface area contributed by atoms with Gasteiger partial charge in [-0.1, -0.05) is 24.3 Å². The van der Waals surface area contributed by atoms with Crippen molar-refractivity contribution in [3.05, 3.63) is 71.6 Å². The molecule has 2 aromatic carbocycles. The van der Waals surface area contributed by atoms with Gasteiger partial charge in [-0.25, -0.2) is 4.39 Å². The highest BCUT2D eigenvalue weighted by molar-refractivity contribution is 5.98. The highest BCUT2D eigenvalue weighted by Crippen LogP contribution is 2.34. The van der Waals surface area contributed by atoms with Crippen LogP contribution in [0.4, 0.5) is 23.2 Å². The van der Waals surface area contributed by atoms with E-state index >= 15 is 0 Å². The standard InChI is InChI=1S/C20H18F4N2O2/c1-2-26(19(28)12-9-14-7-10-15(21)11-8-14)13-18(27)25-17-6-4-3-5-16(17)20(22,23)24/h3-12H,2,13H2,1H3,(H,25,27)/b12-9+. The number of carbonyl (C=O) groups is 2. The van der Waals surface area contributed by atoms with Gasteiger partial charge in [0.15, 0.2) is 0 Å². The molecule has 2 aromatic rings. The monoisotopic (exact) mass is 394 g/mol. The first-order valence-corrected chi connectivity index (χ1v) is 8.39. The number of halogens is 4. The number of likely N-dealkylation sites (N-methyl/N-ethyl adjacent to an activating group) is 1. The second-order valence-electron chi connectivity index (χ2n) is 5.83. The zero-order valence-corrected chi connectivity index (χ0v) is 15.0. The summed E-state index contributed by atoms with van der Waals surface area (Å²) < 4.78 is 51.9. The van der Waals surface area contributed by atoms with Gasteiger partial charge in [0.25, 0.3) is 0 Å². The fraction of sp³-hybridized carbons (Fsp3) is 0.200. The van der Waals surface area contributed by atoms with Gasteiger partial charge in [-0.15, -0.1) is 0 Å². The molecule has 0 spiro atoms. The molecular weight excluding hydrogens is 376 g/mol. The van der Waals surface area contributed by atoms with Crippen molar-refractivity contribution in [2.24, 2.45) is 0 Å². The van der Waals surface area contributed by atoms with E-state index in [2.05, 4.69) is 5.32 Å². The van der Waals surface area contributed by atoms with Crippen LogP contribution in [0.5, 0.6) is 0 Å². The maximum atomic E-state index is 13.0. The van der Waals surface area contributed by atoms with E-state index in [9.17, 15) is 27.2 Å². The number of alkyl halides is 3. The predicted molar refractivity (Wildman–Crippen MR) is 97.8 cm³/mol. The number of rotatable bonds is 6. The highest BCUT2D eigenvalue weighted by atomic mass is 19.4. The van der Waals surface area contributed by atoms with Crippen molar-refractivity contribution in [3.8, 4) is 0 Å². The van der Waals surface area contributed by atoms with Gasteiger partial charge in [-0.05, 0) is 42.8 Å². The summed E-state index contributed by atoms with van der Waals surface area (Å²) in [4.78, 5) is 25.5. The summed E-state index contributed by atoms with van der Waals surface area (Å²) in [7, 11) is 0. The van der Waals surface area contributed by atoms with Crippen LogP contribution in [0.1, 0.15) is 18.1 Å². The molecule has 0 radical (unpaired) electrons. The molecule has 0 aliphatic carbocycles. The van der Waals surface area contributed by atoms with Gasteiger partial charge in [0.05, 0.1) is 11.3 Å². The van der Waals surface area contributed by atoms with Crippen molar-refractivity contribution < 1.29 is 27.2 Å². The fourth-order valence-corrected chi connectivity index (χ4v) is 2.39. The Morgan fingerprint density at radius 2 is 1.71 bits per heavy atom. The summed E-state index contributed by atoms with van der Waals surface area (Å²) in [6, 6.07) is 10.1. The first-order valence-electron chi connectivity index (χ1n) is 8.39. The number of anilines is 1. The molecule has 8 heteroatoms. The van der Waals surface area contributed by atoms with E-state index in [4.69, 9.17) is 0 Å². The Labute approximate surface area is 159 Å². The third-order valence-corrected chi connectivity index (χ3v) is 3.82. The SMILES string of the molecule is CCN(CC(=O)Nc1ccccc1C(F)(F)F)C(=O)/C=C/c1ccc(F)cc1. The number of para-hydroxylation sites is 1. The molecule has 0 atom stereocenters. The molecule has 4 nitrogen and oxygen atoms in total. The lowest BCUT2D eigenvalue weighted by molar-refractivity contribution is -0.137. The molecule has 0 fully saturated rings. The van der Waals surface area contributed by atoms with Crippen molar-refractivity contribution in [2.45, 2.75) is 13.1 Å². The van der Waals surface area contributed by atoms with E-state index in [1.165, 1.54) is 53.5 Å². The van der Waals surface area contributed by atoms with Gasteiger partial charge in [-0.2, -0.15) is 13.2 Å². The number of hydrogen-bond acceptors (Lipinski definition) is 2. The predicted octanol–water partition coefficient (Wildman–Crippen LogP) is 4.34. The van der Waals surface area contributed by atoms with E-state index in [1.54, 1.807) is 6.92 Å².